The molecule has 146 valence electrons. The van der Waals surface area contributed by atoms with Gasteiger partial charge in [0, 0.05) is 24.0 Å². The van der Waals surface area contributed by atoms with Crippen LogP contribution in [0.1, 0.15) is 18.9 Å². The molecule has 0 saturated heterocycles. The number of carbonyl (C=O) groups excluding carboxylic acids is 3. The van der Waals surface area contributed by atoms with Gasteiger partial charge in [0.05, 0.1) is 6.42 Å². The molecule has 7 nitrogen and oxygen atoms in total. The Bertz CT molecular complexity index is 854. The number of anilines is 2. The standard InChI is InChI=1S/C21H23N3O4/c1-15-13-16-7-5-6-10-18(16)24(15)19(25)14-28-20(26)11-12-22-21(27)23-17-8-3-2-4-9-17/h2-10,15H,11-14H2,1H3,(H2,22,23,27)/t15-/m0/s1. The molecular formula is C21H23N3O4. The summed E-state index contributed by atoms with van der Waals surface area (Å²) in [7, 11) is 0. The van der Waals surface area contributed by atoms with Gasteiger partial charge >= 0.3 is 12.0 Å². The highest BCUT2D eigenvalue weighted by atomic mass is 16.5. The highest BCUT2D eigenvalue weighted by Crippen LogP contribution is 2.31. The molecule has 2 N–H and O–H groups in total. The monoisotopic (exact) mass is 381 g/mol. The molecular weight excluding hydrogens is 358 g/mol. The van der Waals surface area contributed by atoms with E-state index in [2.05, 4.69) is 10.6 Å². The van der Waals surface area contributed by atoms with Crippen molar-refractivity contribution in [2.24, 2.45) is 0 Å². The van der Waals surface area contributed by atoms with E-state index in [1.807, 2.05) is 49.4 Å². The van der Waals surface area contributed by atoms with Gasteiger partial charge in [-0.3, -0.25) is 9.59 Å². The predicted octanol–water partition coefficient (Wildman–Crippen LogP) is 2.72. The molecule has 0 radical (unpaired) electrons. The van der Waals surface area contributed by atoms with Crippen molar-refractivity contribution in [1.29, 1.82) is 0 Å². The van der Waals surface area contributed by atoms with E-state index in [4.69, 9.17) is 4.74 Å². The fraction of sp³-hybridized carbons (Fsp3) is 0.286. The van der Waals surface area contributed by atoms with Gasteiger partial charge in [0.2, 0.25) is 0 Å². The van der Waals surface area contributed by atoms with Gasteiger partial charge in [0.25, 0.3) is 5.91 Å². The van der Waals surface area contributed by atoms with Crippen LogP contribution in [-0.2, 0) is 20.7 Å². The molecule has 0 fully saturated rings. The Morgan fingerprint density at radius 2 is 1.79 bits per heavy atom. The van der Waals surface area contributed by atoms with E-state index in [-0.39, 0.29) is 31.5 Å². The number of para-hydroxylation sites is 2. The summed E-state index contributed by atoms with van der Waals surface area (Å²) in [6.45, 7) is 1.78. The van der Waals surface area contributed by atoms with Gasteiger partial charge in [-0.2, -0.15) is 0 Å². The van der Waals surface area contributed by atoms with Crippen LogP contribution in [-0.4, -0.2) is 37.1 Å². The quantitative estimate of drug-likeness (QED) is 0.753. The Hall–Kier alpha value is -3.35. The van der Waals surface area contributed by atoms with E-state index in [1.54, 1.807) is 17.0 Å². The average Bonchev–Trinajstić information content (AvgIpc) is 3.02. The number of amides is 3. The maximum atomic E-state index is 12.5. The number of nitrogens with one attached hydrogen (secondary N) is 2. The molecule has 28 heavy (non-hydrogen) atoms. The Morgan fingerprint density at radius 3 is 2.57 bits per heavy atom. The summed E-state index contributed by atoms with van der Waals surface area (Å²) in [5, 5.41) is 5.23. The number of carbonyl (C=O) groups is 3. The van der Waals surface area contributed by atoms with Gasteiger partial charge in [-0.25, -0.2) is 4.79 Å². The number of urea groups is 1. The third-order valence-corrected chi connectivity index (χ3v) is 4.48. The number of benzene rings is 2. The molecule has 0 saturated carbocycles. The van der Waals surface area contributed by atoms with Crippen molar-refractivity contribution in [3.8, 4) is 0 Å². The van der Waals surface area contributed by atoms with Crippen LogP contribution in [0.4, 0.5) is 16.2 Å². The second kappa shape index (κ2) is 9.03. The van der Waals surface area contributed by atoms with Gasteiger partial charge < -0.3 is 20.3 Å². The predicted molar refractivity (Wildman–Crippen MR) is 106 cm³/mol. The molecule has 0 unspecified atom stereocenters. The molecule has 2 aromatic rings. The van der Waals surface area contributed by atoms with Gasteiger partial charge in [-0.1, -0.05) is 36.4 Å². The van der Waals surface area contributed by atoms with Crippen molar-refractivity contribution in [1.82, 2.24) is 5.32 Å². The first-order valence-electron chi connectivity index (χ1n) is 9.20. The Balaban J connectivity index is 1.39. The van der Waals surface area contributed by atoms with E-state index in [0.717, 1.165) is 17.7 Å². The molecule has 7 heteroatoms. The van der Waals surface area contributed by atoms with Crippen molar-refractivity contribution in [3.63, 3.8) is 0 Å². The second-order valence-electron chi connectivity index (χ2n) is 6.60. The van der Waals surface area contributed by atoms with Crippen molar-refractivity contribution in [2.45, 2.75) is 25.8 Å². The summed E-state index contributed by atoms with van der Waals surface area (Å²) < 4.78 is 5.08. The first kappa shape index (κ1) is 19.4. The number of nitrogens with zero attached hydrogens (tertiary/aromatic N) is 1. The van der Waals surface area contributed by atoms with E-state index in [0.29, 0.717) is 5.69 Å². The summed E-state index contributed by atoms with van der Waals surface area (Å²) in [5.41, 5.74) is 2.65. The van der Waals surface area contributed by atoms with E-state index < -0.39 is 12.0 Å². The van der Waals surface area contributed by atoms with Crippen LogP contribution in [0.3, 0.4) is 0 Å². The van der Waals surface area contributed by atoms with Crippen molar-refractivity contribution >= 4 is 29.3 Å². The lowest BCUT2D eigenvalue weighted by Gasteiger charge is -2.22. The summed E-state index contributed by atoms with van der Waals surface area (Å²) in [5.74, 6) is -0.783. The minimum atomic E-state index is -0.534. The third-order valence-electron chi connectivity index (χ3n) is 4.48. The minimum absolute atomic E-state index is 0.0123. The Kier molecular flexibility index (Phi) is 6.26. The van der Waals surface area contributed by atoms with Gasteiger partial charge in [0.15, 0.2) is 6.61 Å². The van der Waals surface area contributed by atoms with E-state index >= 15 is 0 Å². The molecule has 3 amide bonds. The minimum Gasteiger partial charge on any atom is -0.455 e. The number of rotatable bonds is 6. The maximum absolute atomic E-state index is 12.5. The highest BCUT2D eigenvalue weighted by Gasteiger charge is 2.30. The van der Waals surface area contributed by atoms with Crippen LogP contribution in [0.25, 0.3) is 0 Å². The van der Waals surface area contributed by atoms with Gasteiger partial charge in [0.1, 0.15) is 0 Å². The lowest BCUT2D eigenvalue weighted by atomic mass is 10.1. The average molecular weight is 381 g/mol. The number of esters is 1. The summed E-state index contributed by atoms with van der Waals surface area (Å²) >= 11 is 0. The first-order chi connectivity index (χ1) is 13.5. The lowest BCUT2D eigenvalue weighted by molar-refractivity contribution is -0.147. The van der Waals surface area contributed by atoms with E-state index in [1.165, 1.54) is 0 Å². The largest absolute Gasteiger partial charge is 0.455 e. The van der Waals surface area contributed by atoms with Crippen LogP contribution in [0.5, 0.6) is 0 Å². The SMILES string of the molecule is C[C@H]1Cc2ccccc2N1C(=O)COC(=O)CCNC(=O)Nc1ccccc1. The first-order valence-corrected chi connectivity index (χ1v) is 9.20. The molecule has 0 aliphatic carbocycles. The van der Waals surface area contributed by atoms with Crippen molar-refractivity contribution in [2.75, 3.05) is 23.4 Å². The zero-order chi connectivity index (χ0) is 19.9. The fourth-order valence-corrected chi connectivity index (χ4v) is 3.20. The number of ether oxygens (including phenoxy) is 1. The molecule has 0 bridgehead atoms. The molecule has 3 rings (SSSR count). The van der Waals surface area contributed by atoms with Crippen LogP contribution >= 0.6 is 0 Å². The Labute approximate surface area is 163 Å². The summed E-state index contributed by atoms with van der Waals surface area (Å²) in [6.07, 6.45) is 0.776. The maximum Gasteiger partial charge on any atom is 0.319 e. The molecule has 1 atom stereocenters. The summed E-state index contributed by atoms with van der Waals surface area (Å²) in [6, 6.07) is 16.3. The summed E-state index contributed by atoms with van der Waals surface area (Å²) in [4.78, 5) is 37.8. The number of fused-ring (bicyclic) bond motifs is 1. The van der Waals surface area contributed by atoms with Gasteiger partial charge in [-0.15, -0.1) is 0 Å². The van der Waals surface area contributed by atoms with E-state index in [9.17, 15) is 14.4 Å². The smallest absolute Gasteiger partial charge is 0.319 e. The fourth-order valence-electron chi connectivity index (χ4n) is 3.20. The Morgan fingerprint density at radius 1 is 1.07 bits per heavy atom. The lowest BCUT2D eigenvalue weighted by Crippen LogP contribution is -2.39. The zero-order valence-corrected chi connectivity index (χ0v) is 15.7. The molecule has 2 aromatic carbocycles. The highest BCUT2D eigenvalue weighted by molar-refractivity contribution is 5.97. The molecule has 1 heterocycles. The van der Waals surface area contributed by atoms with Crippen molar-refractivity contribution < 1.29 is 19.1 Å². The number of hydrogen-bond acceptors (Lipinski definition) is 4. The van der Waals surface area contributed by atoms with Gasteiger partial charge in [-0.05, 0) is 37.1 Å². The molecule has 0 aromatic heterocycles. The molecule has 1 aliphatic rings. The molecule has 0 spiro atoms. The molecule has 1 aliphatic heterocycles. The van der Waals surface area contributed by atoms with Crippen molar-refractivity contribution in [3.05, 3.63) is 60.2 Å². The number of hydrogen-bond donors (Lipinski definition) is 2. The topological polar surface area (TPSA) is 87.7 Å². The van der Waals surface area contributed by atoms with Crippen LogP contribution in [0.2, 0.25) is 0 Å². The van der Waals surface area contributed by atoms with Crippen LogP contribution < -0.4 is 15.5 Å². The van der Waals surface area contributed by atoms with Crippen LogP contribution in [0.15, 0.2) is 54.6 Å². The third kappa shape index (κ3) is 4.88. The normalized spacial score (nSPS) is 14.9. The second-order valence-corrected chi connectivity index (χ2v) is 6.60. The zero-order valence-electron chi connectivity index (χ0n) is 15.7. The van der Waals surface area contributed by atoms with Crippen LogP contribution in [0, 0.1) is 0 Å².